The van der Waals surface area contributed by atoms with E-state index in [0.717, 1.165) is 28.0 Å². The first-order chi connectivity index (χ1) is 14.5. The smallest absolute Gasteiger partial charge is 0.170 e. The van der Waals surface area contributed by atoms with Crippen LogP contribution in [0.5, 0.6) is 0 Å². The highest BCUT2D eigenvalue weighted by molar-refractivity contribution is 6.07. The van der Waals surface area contributed by atoms with Crippen molar-refractivity contribution in [2.45, 2.75) is 31.6 Å². The van der Waals surface area contributed by atoms with Crippen LogP contribution in [0.2, 0.25) is 0 Å². The monoisotopic (exact) mass is 432 g/mol. The Labute approximate surface area is 175 Å². The minimum Gasteiger partial charge on any atom is -0.170 e. The van der Waals surface area contributed by atoms with E-state index >= 15 is 0 Å². The molecule has 4 aromatic rings. The van der Waals surface area contributed by atoms with Gasteiger partial charge in [0.05, 0.1) is 0 Å². The number of alkyl halides is 6. The molecule has 0 atom stereocenters. The molecule has 0 unspecified atom stereocenters. The first-order valence-corrected chi connectivity index (χ1v) is 9.61. The molecule has 0 N–H and O–H groups in total. The lowest BCUT2D eigenvalue weighted by atomic mass is 9.77. The summed E-state index contributed by atoms with van der Waals surface area (Å²) in [5.74, 6) is 0. The van der Waals surface area contributed by atoms with Crippen molar-refractivity contribution in [1.82, 2.24) is 0 Å². The average Bonchev–Trinajstić information content (AvgIpc) is 2.71. The zero-order chi connectivity index (χ0) is 22.6. The van der Waals surface area contributed by atoms with E-state index in [1.54, 1.807) is 12.1 Å². The van der Waals surface area contributed by atoms with Crippen molar-refractivity contribution in [1.29, 1.82) is 0 Å². The summed E-state index contributed by atoms with van der Waals surface area (Å²) in [6.45, 7) is 2.15. The fourth-order valence-corrected chi connectivity index (χ4v) is 4.12. The predicted molar refractivity (Wildman–Crippen MR) is 111 cm³/mol. The van der Waals surface area contributed by atoms with Crippen molar-refractivity contribution >= 4 is 21.5 Å². The lowest BCUT2D eigenvalue weighted by Gasteiger charge is -2.35. The standard InChI is InChI=1S/C25H18F6/c1-15-11-12-19(17-8-4-3-7-16(15)17)20-13-14-22(21-10-6-5-9-18(20)21)23(2,24(26,27)28)25(29,30)31/h3-14H,1-2H3. The molecule has 0 bridgehead atoms. The fraction of sp³-hybridized carbons (Fsp3) is 0.200. The third kappa shape index (κ3) is 3.16. The zero-order valence-corrected chi connectivity index (χ0v) is 16.7. The molecule has 6 heteroatoms. The minimum absolute atomic E-state index is 0.0678. The lowest BCUT2D eigenvalue weighted by molar-refractivity contribution is -0.296. The molecule has 0 aliphatic carbocycles. The summed E-state index contributed by atoms with van der Waals surface area (Å²) in [7, 11) is 0. The van der Waals surface area contributed by atoms with Gasteiger partial charge in [0, 0.05) is 0 Å². The van der Waals surface area contributed by atoms with Gasteiger partial charge in [0.1, 0.15) is 0 Å². The Morgan fingerprint density at radius 2 is 0.935 bits per heavy atom. The molecule has 0 aliphatic rings. The second kappa shape index (κ2) is 7.01. The number of rotatable bonds is 2. The van der Waals surface area contributed by atoms with Gasteiger partial charge in [-0.3, -0.25) is 0 Å². The molecule has 0 saturated carbocycles. The number of aryl methyl sites for hydroxylation is 1. The van der Waals surface area contributed by atoms with Gasteiger partial charge in [0.15, 0.2) is 5.41 Å². The molecule has 0 amide bonds. The molecule has 0 fully saturated rings. The van der Waals surface area contributed by atoms with E-state index in [-0.39, 0.29) is 12.3 Å². The van der Waals surface area contributed by atoms with Crippen molar-refractivity contribution < 1.29 is 26.3 Å². The summed E-state index contributed by atoms with van der Waals surface area (Å²) in [6.07, 6.45) is -11.0. The molecule has 4 aromatic carbocycles. The van der Waals surface area contributed by atoms with E-state index in [1.165, 1.54) is 18.2 Å². The quantitative estimate of drug-likeness (QED) is 0.279. The Bertz CT molecular complexity index is 1270. The van der Waals surface area contributed by atoms with Gasteiger partial charge in [0.2, 0.25) is 0 Å². The fourth-order valence-electron chi connectivity index (χ4n) is 4.12. The van der Waals surface area contributed by atoms with Gasteiger partial charge in [-0.2, -0.15) is 26.3 Å². The molecule has 0 aromatic heterocycles. The van der Waals surface area contributed by atoms with E-state index in [1.807, 2.05) is 43.3 Å². The van der Waals surface area contributed by atoms with Gasteiger partial charge in [-0.15, -0.1) is 0 Å². The van der Waals surface area contributed by atoms with Crippen LogP contribution < -0.4 is 0 Å². The van der Waals surface area contributed by atoms with Crippen molar-refractivity contribution in [2.75, 3.05) is 0 Å². The van der Waals surface area contributed by atoms with Crippen molar-refractivity contribution in [3.05, 3.63) is 83.9 Å². The van der Waals surface area contributed by atoms with E-state index in [9.17, 15) is 26.3 Å². The molecular weight excluding hydrogens is 414 g/mol. The van der Waals surface area contributed by atoms with Crippen LogP contribution in [0.3, 0.4) is 0 Å². The van der Waals surface area contributed by atoms with Gasteiger partial charge >= 0.3 is 12.4 Å². The maximum Gasteiger partial charge on any atom is 0.406 e. The van der Waals surface area contributed by atoms with Crippen LogP contribution in [-0.2, 0) is 5.41 Å². The molecule has 4 rings (SSSR count). The normalized spacial score (nSPS) is 13.2. The third-order valence-corrected chi connectivity index (χ3v) is 6.03. The van der Waals surface area contributed by atoms with Gasteiger partial charge in [-0.25, -0.2) is 0 Å². The molecule has 0 saturated heterocycles. The van der Waals surface area contributed by atoms with Crippen molar-refractivity contribution in [2.24, 2.45) is 0 Å². The van der Waals surface area contributed by atoms with Crippen molar-refractivity contribution in [3.63, 3.8) is 0 Å². The maximum atomic E-state index is 13.8. The first kappa shape index (κ1) is 21.2. The summed E-state index contributed by atoms with van der Waals surface area (Å²) in [5.41, 5.74) is -2.43. The van der Waals surface area contributed by atoms with Crippen LogP contribution in [0.25, 0.3) is 32.7 Å². The molecule has 0 heterocycles. The number of benzene rings is 4. The largest absolute Gasteiger partial charge is 0.406 e. The molecular formula is C25H18F6. The summed E-state index contributed by atoms with van der Waals surface area (Å²) in [5, 5.41) is 2.13. The van der Waals surface area contributed by atoms with Gasteiger partial charge in [-0.1, -0.05) is 72.8 Å². The van der Waals surface area contributed by atoms with Crippen LogP contribution in [-0.4, -0.2) is 12.4 Å². The first-order valence-electron chi connectivity index (χ1n) is 9.61. The third-order valence-electron chi connectivity index (χ3n) is 6.03. The van der Waals surface area contributed by atoms with E-state index in [2.05, 4.69) is 0 Å². The van der Waals surface area contributed by atoms with Gasteiger partial charge in [-0.05, 0) is 57.6 Å². The van der Waals surface area contributed by atoms with Crippen LogP contribution in [0, 0.1) is 6.92 Å². The number of halogens is 6. The number of fused-ring (bicyclic) bond motifs is 2. The Morgan fingerprint density at radius 3 is 1.45 bits per heavy atom. The number of hydrogen-bond acceptors (Lipinski definition) is 0. The Kier molecular flexibility index (Phi) is 4.80. The Morgan fingerprint density at radius 1 is 0.516 bits per heavy atom. The van der Waals surface area contributed by atoms with Crippen molar-refractivity contribution in [3.8, 4) is 11.1 Å². The molecule has 31 heavy (non-hydrogen) atoms. The molecule has 0 aliphatic heterocycles. The van der Waals surface area contributed by atoms with Crippen LogP contribution in [0.1, 0.15) is 18.1 Å². The summed E-state index contributed by atoms with van der Waals surface area (Å²) in [6, 6.07) is 19.6. The Hall–Kier alpha value is -3.02. The van der Waals surface area contributed by atoms with Crippen LogP contribution in [0.15, 0.2) is 72.8 Å². The second-order valence-corrected chi connectivity index (χ2v) is 7.80. The highest BCUT2D eigenvalue weighted by atomic mass is 19.4. The SMILES string of the molecule is Cc1ccc(-c2ccc(C(C)(C(F)(F)F)C(F)(F)F)c3ccccc23)c2ccccc12. The van der Waals surface area contributed by atoms with Crippen LogP contribution >= 0.6 is 0 Å². The summed E-state index contributed by atoms with van der Waals surface area (Å²) < 4.78 is 82.6. The lowest BCUT2D eigenvalue weighted by Crippen LogP contribution is -2.51. The second-order valence-electron chi connectivity index (χ2n) is 7.80. The highest BCUT2D eigenvalue weighted by Crippen LogP contribution is 2.54. The Balaban J connectivity index is 2.08. The highest BCUT2D eigenvalue weighted by Gasteiger charge is 2.68. The summed E-state index contributed by atoms with van der Waals surface area (Å²) >= 11 is 0. The molecule has 0 nitrogen and oxygen atoms in total. The van der Waals surface area contributed by atoms with Gasteiger partial charge < -0.3 is 0 Å². The average molecular weight is 432 g/mol. The van der Waals surface area contributed by atoms with E-state index in [0.29, 0.717) is 10.9 Å². The zero-order valence-electron chi connectivity index (χ0n) is 16.7. The predicted octanol–water partition coefficient (Wildman–Crippen LogP) is 8.35. The summed E-state index contributed by atoms with van der Waals surface area (Å²) in [4.78, 5) is 0. The molecule has 0 radical (unpaired) electrons. The maximum absolute atomic E-state index is 13.8. The minimum atomic E-state index is -5.51. The topological polar surface area (TPSA) is 0 Å². The van der Waals surface area contributed by atoms with E-state index < -0.39 is 23.3 Å². The van der Waals surface area contributed by atoms with Gasteiger partial charge in [0.25, 0.3) is 0 Å². The number of hydrogen-bond donors (Lipinski definition) is 0. The van der Waals surface area contributed by atoms with Crippen LogP contribution in [0.4, 0.5) is 26.3 Å². The van der Waals surface area contributed by atoms with E-state index in [4.69, 9.17) is 0 Å². The molecule has 160 valence electrons. The molecule has 0 spiro atoms.